The summed E-state index contributed by atoms with van der Waals surface area (Å²) in [6.45, 7) is 13.6. The highest BCUT2D eigenvalue weighted by Gasteiger charge is 2.45. The summed E-state index contributed by atoms with van der Waals surface area (Å²) < 4.78 is 11.0. The first-order valence-corrected chi connectivity index (χ1v) is 10.6. The second-order valence-corrected chi connectivity index (χ2v) is 9.25. The number of rotatable bonds is 4. The van der Waals surface area contributed by atoms with Crippen molar-refractivity contribution in [2.24, 2.45) is 0 Å². The van der Waals surface area contributed by atoms with Gasteiger partial charge in [0.15, 0.2) is 0 Å². The van der Waals surface area contributed by atoms with E-state index in [0.29, 0.717) is 13.2 Å². The fraction of sp³-hybridized carbons (Fsp3) is 0.727. The Balaban J connectivity index is 1.72. The van der Waals surface area contributed by atoms with Crippen LogP contribution in [-0.2, 0) is 9.47 Å². The molecule has 0 bridgehead atoms. The highest BCUT2D eigenvalue weighted by molar-refractivity contribution is 5.68. The number of anilines is 1. The van der Waals surface area contributed by atoms with Gasteiger partial charge in [0.05, 0.1) is 6.61 Å². The van der Waals surface area contributed by atoms with Crippen LogP contribution < -0.4 is 4.90 Å². The molecule has 7 nitrogen and oxygen atoms in total. The van der Waals surface area contributed by atoms with Crippen molar-refractivity contribution >= 4 is 11.8 Å². The number of hydrogen-bond donors (Lipinski definition) is 0. The molecule has 1 amide bonds. The van der Waals surface area contributed by atoms with Crippen molar-refractivity contribution in [2.75, 3.05) is 57.9 Å². The average molecular weight is 405 g/mol. The lowest BCUT2D eigenvalue weighted by atomic mass is 9.83. The SMILES string of the molecule is COCCN1CCN(C(=O)OC(C)(C)C)CC12CCN(c1ccnc(C)c1)CC2. The average Bonchev–Trinajstić information content (AvgIpc) is 2.66. The van der Waals surface area contributed by atoms with Crippen LogP contribution in [0.3, 0.4) is 0 Å². The quantitative estimate of drug-likeness (QED) is 0.769. The summed E-state index contributed by atoms with van der Waals surface area (Å²) in [6, 6.07) is 4.23. The molecule has 0 atom stereocenters. The van der Waals surface area contributed by atoms with Gasteiger partial charge in [0.1, 0.15) is 5.60 Å². The van der Waals surface area contributed by atoms with Gasteiger partial charge in [0.2, 0.25) is 0 Å². The molecule has 1 spiro atoms. The number of methoxy groups -OCH3 is 1. The second kappa shape index (κ2) is 8.88. The van der Waals surface area contributed by atoms with Crippen molar-refractivity contribution in [1.29, 1.82) is 0 Å². The van der Waals surface area contributed by atoms with Gasteiger partial charge in [0, 0.05) is 69.5 Å². The predicted molar refractivity (Wildman–Crippen MR) is 114 cm³/mol. The molecule has 3 rings (SSSR count). The second-order valence-electron chi connectivity index (χ2n) is 9.25. The number of piperazine rings is 1. The highest BCUT2D eigenvalue weighted by Crippen LogP contribution is 2.35. The highest BCUT2D eigenvalue weighted by atomic mass is 16.6. The molecule has 162 valence electrons. The fourth-order valence-corrected chi connectivity index (χ4v) is 4.43. The molecule has 3 heterocycles. The van der Waals surface area contributed by atoms with E-state index in [2.05, 4.69) is 26.9 Å². The van der Waals surface area contributed by atoms with Crippen LogP contribution in [0.15, 0.2) is 18.3 Å². The number of nitrogens with zero attached hydrogens (tertiary/aromatic N) is 4. The number of aryl methyl sites for hydroxylation is 1. The maximum absolute atomic E-state index is 12.7. The summed E-state index contributed by atoms with van der Waals surface area (Å²) in [5.74, 6) is 0. The molecule has 29 heavy (non-hydrogen) atoms. The topological polar surface area (TPSA) is 58.1 Å². The van der Waals surface area contributed by atoms with E-state index in [1.54, 1.807) is 7.11 Å². The molecule has 7 heteroatoms. The van der Waals surface area contributed by atoms with Gasteiger partial charge in [-0.2, -0.15) is 0 Å². The molecule has 1 aromatic heterocycles. The number of carbonyl (C=O) groups is 1. The number of piperidine rings is 1. The molecular weight excluding hydrogens is 368 g/mol. The van der Waals surface area contributed by atoms with Crippen LogP contribution in [0.1, 0.15) is 39.3 Å². The van der Waals surface area contributed by atoms with Crippen molar-refractivity contribution in [1.82, 2.24) is 14.8 Å². The maximum Gasteiger partial charge on any atom is 0.410 e. The zero-order valence-electron chi connectivity index (χ0n) is 18.6. The minimum atomic E-state index is -0.472. The van der Waals surface area contributed by atoms with Gasteiger partial charge in [0.25, 0.3) is 0 Å². The molecule has 2 fully saturated rings. The van der Waals surface area contributed by atoms with E-state index in [9.17, 15) is 4.79 Å². The van der Waals surface area contributed by atoms with Gasteiger partial charge in [-0.3, -0.25) is 9.88 Å². The first-order chi connectivity index (χ1) is 13.7. The first-order valence-electron chi connectivity index (χ1n) is 10.6. The van der Waals surface area contributed by atoms with E-state index in [1.807, 2.05) is 38.8 Å². The standard InChI is InChI=1S/C22H36N4O3/c1-18-16-19(6-9-23-18)24-10-7-22(8-11-24)17-25(20(27)29-21(2,3)4)12-13-26(22)14-15-28-5/h6,9,16H,7-8,10-15,17H2,1-5H3. The zero-order valence-corrected chi connectivity index (χ0v) is 18.6. The number of amides is 1. The summed E-state index contributed by atoms with van der Waals surface area (Å²) in [5.41, 5.74) is 1.78. The lowest BCUT2D eigenvalue weighted by Crippen LogP contribution is -2.67. The van der Waals surface area contributed by atoms with Crippen LogP contribution in [-0.4, -0.2) is 85.0 Å². The van der Waals surface area contributed by atoms with Crippen molar-refractivity contribution in [2.45, 2.75) is 51.7 Å². The van der Waals surface area contributed by atoms with Crippen LogP contribution in [0.25, 0.3) is 0 Å². The van der Waals surface area contributed by atoms with Crippen LogP contribution >= 0.6 is 0 Å². The van der Waals surface area contributed by atoms with Crippen LogP contribution in [0.4, 0.5) is 10.5 Å². The monoisotopic (exact) mass is 404 g/mol. The van der Waals surface area contributed by atoms with Gasteiger partial charge in [-0.25, -0.2) is 4.79 Å². The molecule has 1 aromatic rings. The molecule has 2 saturated heterocycles. The minimum Gasteiger partial charge on any atom is -0.444 e. The summed E-state index contributed by atoms with van der Waals surface area (Å²) in [5, 5.41) is 0. The Morgan fingerprint density at radius 3 is 2.55 bits per heavy atom. The maximum atomic E-state index is 12.7. The zero-order chi connectivity index (χ0) is 21.1. The minimum absolute atomic E-state index is 0.0216. The normalized spacial score (nSPS) is 20.2. The largest absolute Gasteiger partial charge is 0.444 e. The third kappa shape index (κ3) is 5.39. The van der Waals surface area contributed by atoms with E-state index in [0.717, 1.165) is 51.3 Å². The molecule has 0 saturated carbocycles. The number of ether oxygens (including phenoxy) is 2. The van der Waals surface area contributed by atoms with Crippen molar-refractivity contribution in [3.05, 3.63) is 24.0 Å². The Bertz CT molecular complexity index is 696. The molecule has 0 aromatic carbocycles. The Hall–Kier alpha value is -1.86. The molecular formula is C22H36N4O3. The van der Waals surface area contributed by atoms with Gasteiger partial charge in [-0.1, -0.05) is 0 Å². The van der Waals surface area contributed by atoms with Crippen LogP contribution in [0.2, 0.25) is 0 Å². The number of aromatic nitrogens is 1. The van der Waals surface area contributed by atoms with Crippen LogP contribution in [0, 0.1) is 6.92 Å². The van der Waals surface area contributed by atoms with Crippen LogP contribution in [0.5, 0.6) is 0 Å². The van der Waals surface area contributed by atoms with E-state index in [4.69, 9.17) is 9.47 Å². The lowest BCUT2D eigenvalue weighted by molar-refractivity contribution is -0.0423. The summed E-state index contributed by atoms with van der Waals surface area (Å²) in [6.07, 6.45) is 3.70. The first kappa shape index (κ1) is 21.8. The molecule has 0 N–H and O–H groups in total. The summed E-state index contributed by atoms with van der Waals surface area (Å²) in [4.78, 5) is 23.9. The van der Waals surface area contributed by atoms with Gasteiger partial charge in [-0.05, 0) is 52.7 Å². The number of pyridine rings is 1. The van der Waals surface area contributed by atoms with Crippen molar-refractivity contribution < 1.29 is 14.3 Å². The molecule has 0 radical (unpaired) electrons. The molecule has 2 aliphatic heterocycles. The van der Waals surface area contributed by atoms with E-state index in [1.165, 1.54) is 5.69 Å². The van der Waals surface area contributed by atoms with Crippen molar-refractivity contribution in [3.63, 3.8) is 0 Å². The van der Waals surface area contributed by atoms with E-state index < -0.39 is 5.60 Å². The Kier molecular flexibility index (Phi) is 6.69. The smallest absolute Gasteiger partial charge is 0.410 e. The summed E-state index contributed by atoms with van der Waals surface area (Å²) >= 11 is 0. The Labute approximate surface area is 175 Å². The van der Waals surface area contributed by atoms with E-state index in [-0.39, 0.29) is 11.6 Å². The van der Waals surface area contributed by atoms with Gasteiger partial charge >= 0.3 is 6.09 Å². The Morgan fingerprint density at radius 1 is 1.21 bits per heavy atom. The molecule has 0 aliphatic carbocycles. The fourth-order valence-electron chi connectivity index (χ4n) is 4.43. The number of carbonyl (C=O) groups excluding carboxylic acids is 1. The van der Waals surface area contributed by atoms with Gasteiger partial charge in [-0.15, -0.1) is 0 Å². The van der Waals surface area contributed by atoms with Crippen molar-refractivity contribution in [3.8, 4) is 0 Å². The lowest BCUT2D eigenvalue weighted by Gasteiger charge is -2.54. The molecule has 2 aliphatic rings. The number of hydrogen-bond acceptors (Lipinski definition) is 6. The third-order valence-electron chi connectivity index (χ3n) is 5.95. The molecule has 0 unspecified atom stereocenters. The summed E-state index contributed by atoms with van der Waals surface area (Å²) in [7, 11) is 1.75. The predicted octanol–water partition coefficient (Wildman–Crippen LogP) is 2.93. The Morgan fingerprint density at radius 2 is 1.93 bits per heavy atom. The van der Waals surface area contributed by atoms with Gasteiger partial charge < -0.3 is 19.3 Å². The van der Waals surface area contributed by atoms with E-state index >= 15 is 0 Å². The third-order valence-corrected chi connectivity index (χ3v) is 5.95.